The lowest BCUT2D eigenvalue weighted by Gasteiger charge is -2.08. The number of carboxylic acid groups (broad SMARTS) is 1. The predicted octanol–water partition coefficient (Wildman–Crippen LogP) is 2.80. The van der Waals surface area contributed by atoms with E-state index in [0.717, 1.165) is 11.3 Å². The lowest BCUT2D eigenvalue weighted by atomic mass is 10.1. The van der Waals surface area contributed by atoms with Gasteiger partial charge in [0.05, 0.1) is 10.9 Å². The van der Waals surface area contributed by atoms with E-state index in [0.29, 0.717) is 0 Å². The number of hydrogen-bond acceptors (Lipinski definition) is 3. The maximum absolute atomic E-state index is 14.0. The van der Waals surface area contributed by atoms with Gasteiger partial charge in [0.15, 0.2) is 11.6 Å². The highest BCUT2D eigenvalue weighted by Gasteiger charge is 2.23. The molecule has 0 aliphatic rings. The number of aromatic carboxylic acids is 1. The summed E-state index contributed by atoms with van der Waals surface area (Å²) in [6, 6.07) is 1.33. The van der Waals surface area contributed by atoms with E-state index in [1.54, 1.807) is 5.38 Å². The fourth-order valence-corrected chi connectivity index (χ4v) is 3.08. The first-order chi connectivity index (χ1) is 9.43. The molecule has 0 unspecified atom stereocenters. The van der Waals surface area contributed by atoms with Crippen LogP contribution in [0.3, 0.4) is 0 Å². The molecular weight excluding hydrogens is 288 g/mol. The number of hydrogen-bond donors (Lipinski definition) is 1. The minimum absolute atomic E-state index is 0.0532. The molecule has 0 bridgehead atoms. The molecule has 0 aliphatic carbocycles. The van der Waals surface area contributed by atoms with Gasteiger partial charge in [-0.15, -0.1) is 11.3 Å². The van der Waals surface area contributed by atoms with Crippen molar-refractivity contribution in [1.82, 2.24) is 4.40 Å². The smallest absolute Gasteiger partial charge is 0.342 e. The molecule has 1 N–H and O–H groups in total. The van der Waals surface area contributed by atoms with Crippen LogP contribution in [-0.4, -0.2) is 15.5 Å². The number of benzene rings is 1. The minimum atomic E-state index is -1.46. The van der Waals surface area contributed by atoms with E-state index in [4.69, 9.17) is 5.11 Å². The number of aromatic nitrogens is 1. The van der Waals surface area contributed by atoms with Gasteiger partial charge in [0, 0.05) is 11.6 Å². The van der Waals surface area contributed by atoms with Gasteiger partial charge in [0.2, 0.25) is 5.43 Å². The Morgan fingerprint density at radius 1 is 1.35 bits per heavy atom. The number of fused-ring (bicyclic) bond motifs is 3. The summed E-state index contributed by atoms with van der Waals surface area (Å²) in [6.07, 6.45) is 1.52. The monoisotopic (exact) mass is 295 g/mol. The molecule has 3 rings (SSSR count). The number of nitrogens with zero attached hydrogens (tertiary/aromatic N) is 1. The highest BCUT2D eigenvalue weighted by Crippen LogP contribution is 2.26. The maximum atomic E-state index is 14.0. The van der Waals surface area contributed by atoms with E-state index in [2.05, 4.69) is 0 Å². The van der Waals surface area contributed by atoms with Crippen molar-refractivity contribution in [1.29, 1.82) is 0 Å². The van der Waals surface area contributed by atoms with Crippen molar-refractivity contribution in [3.8, 4) is 0 Å². The molecule has 2 aromatic heterocycles. The Kier molecular flexibility index (Phi) is 2.62. The third-order valence-corrected chi connectivity index (χ3v) is 4.00. The number of rotatable bonds is 1. The molecule has 0 amide bonds. The lowest BCUT2D eigenvalue weighted by molar-refractivity contribution is 0.0697. The zero-order valence-corrected chi connectivity index (χ0v) is 10.9. The van der Waals surface area contributed by atoms with E-state index >= 15 is 0 Å². The standard InChI is InChI=1S/C13H7F2NO3S/c1-5-4-6-7(10(15)9(5)14)11(17)8(13(18)19)12-16(6)2-3-20-12/h2-4H,1H3,(H,18,19). The Morgan fingerprint density at radius 3 is 2.70 bits per heavy atom. The van der Waals surface area contributed by atoms with Gasteiger partial charge in [-0.25, -0.2) is 13.6 Å². The number of aryl methyl sites for hydroxylation is 1. The van der Waals surface area contributed by atoms with Crippen molar-refractivity contribution in [3.05, 3.63) is 50.6 Å². The number of halogens is 2. The molecule has 0 saturated carbocycles. The summed E-state index contributed by atoms with van der Waals surface area (Å²) < 4.78 is 29.0. The second-order valence-corrected chi connectivity index (χ2v) is 5.20. The topological polar surface area (TPSA) is 58.8 Å². The molecule has 0 saturated heterocycles. The molecule has 0 spiro atoms. The first kappa shape index (κ1) is 12.7. The van der Waals surface area contributed by atoms with Crippen LogP contribution in [-0.2, 0) is 0 Å². The minimum Gasteiger partial charge on any atom is -0.477 e. The van der Waals surface area contributed by atoms with Crippen molar-refractivity contribution >= 4 is 33.0 Å². The zero-order valence-electron chi connectivity index (χ0n) is 10.1. The van der Waals surface area contributed by atoms with Gasteiger partial charge in [0.1, 0.15) is 10.4 Å². The molecule has 0 aliphatic heterocycles. The quantitative estimate of drug-likeness (QED) is 0.751. The molecule has 3 aromatic rings. The fourth-order valence-electron chi connectivity index (χ4n) is 2.20. The van der Waals surface area contributed by atoms with E-state index in [1.165, 1.54) is 23.6 Å². The van der Waals surface area contributed by atoms with E-state index in [1.807, 2.05) is 0 Å². The SMILES string of the molecule is Cc1cc2c(c(F)c1F)c(=O)c(C(=O)O)c1sccn12. The predicted molar refractivity (Wildman–Crippen MR) is 70.7 cm³/mol. The van der Waals surface area contributed by atoms with Gasteiger partial charge < -0.3 is 9.51 Å². The van der Waals surface area contributed by atoms with E-state index in [-0.39, 0.29) is 15.9 Å². The average molecular weight is 295 g/mol. The van der Waals surface area contributed by atoms with Crippen molar-refractivity contribution in [3.63, 3.8) is 0 Å². The summed E-state index contributed by atoms with van der Waals surface area (Å²) >= 11 is 1.05. The molecule has 0 atom stereocenters. The number of thiazole rings is 1. The van der Waals surface area contributed by atoms with E-state index < -0.39 is 34.0 Å². The van der Waals surface area contributed by atoms with Crippen LogP contribution in [0.4, 0.5) is 8.78 Å². The first-order valence-electron chi connectivity index (χ1n) is 5.57. The third kappa shape index (κ3) is 1.50. The highest BCUT2D eigenvalue weighted by molar-refractivity contribution is 7.16. The van der Waals surface area contributed by atoms with Crippen molar-refractivity contribution in [2.24, 2.45) is 0 Å². The van der Waals surface area contributed by atoms with Crippen LogP contribution in [0.25, 0.3) is 15.7 Å². The molecule has 20 heavy (non-hydrogen) atoms. The number of carboxylic acids is 1. The van der Waals surface area contributed by atoms with Gasteiger partial charge in [-0.2, -0.15) is 0 Å². The average Bonchev–Trinajstić information content (AvgIpc) is 2.84. The molecular formula is C13H7F2NO3S. The van der Waals surface area contributed by atoms with Crippen LogP contribution >= 0.6 is 11.3 Å². The first-order valence-corrected chi connectivity index (χ1v) is 6.45. The normalized spacial score (nSPS) is 11.3. The van der Waals surface area contributed by atoms with Gasteiger partial charge in [-0.05, 0) is 18.6 Å². The van der Waals surface area contributed by atoms with Crippen LogP contribution in [0, 0.1) is 18.6 Å². The van der Waals surface area contributed by atoms with Crippen molar-refractivity contribution in [2.75, 3.05) is 0 Å². The Hall–Kier alpha value is -2.28. The summed E-state index contributed by atoms with van der Waals surface area (Å²) in [5.74, 6) is -3.91. The second-order valence-electron chi connectivity index (χ2n) is 4.30. The molecule has 102 valence electrons. The summed E-state index contributed by atoms with van der Waals surface area (Å²) in [5, 5.41) is 10.2. The van der Waals surface area contributed by atoms with Crippen LogP contribution in [0.5, 0.6) is 0 Å². The van der Waals surface area contributed by atoms with Crippen molar-refractivity contribution < 1.29 is 18.7 Å². The Bertz CT molecular complexity index is 942. The van der Waals surface area contributed by atoms with E-state index in [9.17, 15) is 18.4 Å². The van der Waals surface area contributed by atoms with Gasteiger partial charge in [-0.1, -0.05) is 0 Å². The summed E-state index contributed by atoms with van der Waals surface area (Å²) in [5.41, 5.74) is -1.34. The Balaban J connectivity index is 2.73. The highest BCUT2D eigenvalue weighted by atomic mass is 32.1. The van der Waals surface area contributed by atoms with Crippen LogP contribution in [0.15, 0.2) is 22.4 Å². The molecule has 2 heterocycles. The van der Waals surface area contributed by atoms with Gasteiger partial charge in [-0.3, -0.25) is 4.79 Å². The molecule has 7 heteroatoms. The maximum Gasteiger partial charge on any atom is 0.342 e. The second kappa shape index (κ2) is 4.11. The largest absolute Gasteiger partial charge is 0.477 e. The van der Waals surface area contributed by atoms with Crippen molar-refractivity contribution in [2.45, 2.75) is 6.92 Å². The number of pyridine rings is 1. The summed E-state index contributed by atoms with van der Waals surface area (Å²) in [7, 11) is 0. The molecule has 1 aromatic carbocycles. The summed E-state index contributed by atoms with van der Waals surface area (Å²) in [6.45, 7) is 1.38. The Morgan fingerprint density at radius 2 is 2.05 bits per heavy atom. The van der Waals surface area contributed by atoms with Crippen LogP contribution < -0.4 is 5.43 Å². The fraction of sp³-hybridized carbons (Fsp3) is 0.0769. The third-order valence-electron chi connectivity index (χ3n) is 3.12. The van der Waals surface area contributed by atoms with Crippen LogP contribution in [0.2, 0.25) is 0 Å². The van der Waals surface area contributed by atoms with Crippen LogP contribution in [0.1, 0.15) is 15.9 Å². The lowest BCUT2D eigenvalue weighted by Crippen LogP contribution is -2.18. The Labute approximate surface area is 114 Å². The number of carbonyl (C=O) groups is 1. The molecule has 4 nitrogen and oxygen atoms in total. The van der Waals surface area contributed by atoms with Gasteiger partial charge >= 0.3 is 5.97 Å². The summed E-state index contributed by atoms with van der Waals surface area (Å²) in [4.78, 5) is 23.6. The van der Waals surface area contributed by atoms with Gasteiger partial charge in [0.25, 0.3) is 0 Å². The molecule has 0 radical (unpaired) electrons. The zero-order chi connectivity index (χ0) is 14.6. The molecule has 0 fully saturated rings.